The van der Waals surface area contributed by atoms with Gasteiger partial charge in [-0.2, -0.15) is 0 Å². The number of para-hydroxylation sites is 2. The van der Waals surface area contributed by atoms with E-state index in [2.05, 4.69) is 5.32 Å². The van der Waals surface area contributed by atoms with Gasteiger partial charge < -0.3 is 29.7 Å². The number of allylic oxidation sites excluding steroid dienone is 1. The first-order valence-corrected chi connectivity index (χ1v) is 10.9. The Morgan fingerprint density at radius 3 is 2.48 bits per heavy atom. The maximum Gasteiger partial charge on any atom is 0.337 e. The van der Waals surface area contributed by atoms with Crippen molar-refractivity contribution < 1.29 is 34.0 Å². The number of amides is 1. The minimum Gasteiger partial charge on any atom is -0.506 e. The minimum absolute atomic E-state index is 0.0215. The lowest BCUT2D eigenvalue weighted by Gasteiger charge is -2.37. The molecule has 3 atom stereocenters. The third-order valence-electron chi connectivity index (χ3n) is 5.50. The molecule has 0 saturated heterocycles. The summed E-state index contributed by atoms with van der Waals surface area (Å²) in [5, 5.41) is 22.0. The van der Waals surface area contributed by atoms with Gasteiger partial charge in [0.05, 0.1) is 18.4 Å². The summed E-state index contributed by atoms with van der Waals surface area (Å²) in [5.74, 6) is -1.37. The van der Waals surface area contributed by atoms with Crippen LogP contribution in [0.3, 0.4) is 0 Å². The number of ether oxygens (including phenoxy) is 3. The SMILES string of the molecule is CCO[C@@H]1OC(C(=O)Nc2ccccc2O)=C[C@H](c2ccc(C(=O)OC)cc2)[C@@H]1CCCO. The van der Waals surface area contributed by atoms with Gasteiger partial charge in [-0.3, -0.25) is 4.79 Å². The van der Waals surface area contributed by atoms with Crippen molar-refractivity contribution >= 4 is 17.6 Å². The fourth-order valence-corrected chi connectivity index (χ4v) is 3.87. The zero-order valence-corrected chi connectivity index (χ0v) is 18.7. The minimum atomic E-state index is -0.707. The highest BCUT2D eigenvalue weighted by atomic mass is 16.7. The summed E-state index contributed by atoms with van der Waals surface area (Å²) in [7, 11) is 1.32. The van der Waals surface area contributed by atoms with E-state index in [0.29, 0.717) is 25.0 Å². The molecule has 0 fully saturated rings. The molecule has 0 saturated carbocycles. The topological polar surface area (TPSA) is 114 Å². The quantitative estimate of drug-likeness (QED) is 0.391. The second-order valence-electron chi connectivity index (χ2n) is 7.61. The summed E-state index contributed by atoms with van der Waals surface area (Å²) in [4.78, 5) is 24.8. The van der Waals surface area contributed by atoms with Gasteiger partial charge in [-0.05, 0) is 55.7 Å². The molecule has 3 N–H and O–H groups in total. The van der Waals surface area contributed by atoms with Crippen molar-refractivity contribution in [1.82, 2.24) is 0 Å². The summed E-state index contributed by atoms with van der Waals surface area (Å²) in [5.41, 5.74) is 1.55. The van der Waals surface area contributed by atoms with E-state index >= 15 is 0 Å². The molecule has 0 unspecified atom stereocenters. The molecule has 8 heteroatoms. The lowest BCUT2D eigenvalue weighted by Crippen LogP contribution is -2.37. The monoisotopic (exact) mass is 455 g/mol. The fourth-order valence-electron chi connectivity index (χ4n) is 3.87. The van der Waals surface area contributed by atoms with Crippen LogP contribution in [0.1, 0.15) is 41.6 Å². The van der Waals surface area contributed by atoms with Gasteiger partial charge in [-0.25, -0.2) is 4.79 Å². The standard InChI is InChI=1S/C25H29NO7/c1-3-32-25-18(7-6-14-27)19(16-10-12-17(13-11-16)24(30)31-2)15-22(33-25)23(29)26-20-8-4-5-9-21(20)28/h4-5,8-13,15,18-19,25,27-28H,3,6-7,14H2,1-2H3,(H,26,29)/t18-,19+,25+/m0/s1. The molecule has 3 rings (SSSR count). The van der Waals surface area contributed by atoms with Gasteiger partial charge in [-0.15, -0.1) is 0 Å². The maximum absolute atomic E-state index is 13.0. The molecule has 0 radical (unpaired) electrons. The predicted molar refractivity (Wildman–Crippen MR) is 122 cm³/mol. The molecule has 8 nitrogen and oxygen atoms in total. The van der Waals surface area contributed by atoms with Crippen LogP contribution in [0.5, 0.6) is 5.75 Å². The molecular weight excluding hydrogens is 426 g/mol. The lowest BCUT2D eigenvalue weighted by molar-refractivity contribution is -0.165. The molecule has 1 aliphatic heterocycles. The molecule has 0 spiro atoms. The fraction of sp³-hybridized carbons (Fsp3) is 0.360. The van der Waals surface area contributed by atoms with Crippen molar-refractivity contribution in [2.24, 2.45) is 5.92 Å². The van der Waals surface area contributed by atoms with E-state index in [0.717, 1.165) is 5.56 Å². The average molecular weight is 456 g/mol. The van der Waals surface area contributed by atoms with E-state index in [1.807, 2.05) is 19.1 Å². The number of anilines is 1. The number of aliphatic hydroxyl groups excluding tert-OH is 1. The molecule has 0 aromatic heterocycles. The van der Waals surface area contributed by atoms with Gasteiger partial charge in [0, 0.05) is 25.0 Å². The number of phenolic OH excluding ortho intramolecular Hbond substituents is 1. The number of aromatic hydroxyl groups is 1. The summed E-state index contributed by atoms with van der Waals surface area (Å²) >= 11 is 0. The van der Waals surface area contributed by atoms with E-state index in [1.54, 1.807) is 36.4 Å². The van der Waals surface area contributed by atoms with Gasteiger partial charge in [0.15, 0.2) is 5.76 Å². The van der Waals surface area contributed by atoms with Gasteiger partial charge >= 0.3 is 5.97 Å². The number of benzene rings is 2. The molecule has 0 bridgehead atoms. The first-order chi connectivity index (χ1) is 16.0. The largest absolute Gasteiger partial charge is 0.506 e. The summed E-state index contributed by atoms with van der Waals surface area (Å²) in [6.07, 6.45) is 2.17. The molecule has 1 aliphatic rings. The van der Waals surface area contributed by atoms with Crippen molar-refractivity contribution in [3.05, 3.63) is 71.5 Å². The van der Waals surface area contributed by atoms with Gasteiger partial charge in [0.1, 0.15) is 5.75 Å². The van der Waals surface area contributed by atoms with E-state index in [9.17, 15) is 19.8 Å². The van der Waals surface area contributed by atoms with Crippen molar-refractivity contribution in [2.45, 2.75) is 32.0 Å². The number of aliphatic hydroxyl groups is 1. The summed E-state index contributed by atoms with van der Waals surface area (Å²) < 4.78 is 16.5. The van der Waals surface area contributed by atoms with Crippen molar-refractivity contribution in [3.8, 4) is 5.75 Å². The number of rotatable bonds is 9. The zero-order chi connectivity index (χ0) is 23.8. The molecule has 2 aromatic rings. The number of hydrogen-bond donors (Lipinski definition) is 3. The van der Waals surface area contributed by atoms with Crippen molar-refractivity contribution in [3.63, 3.8) is 0 Å². The molecular formula is C25H29NO7. The van der Waals surface area contributed by atoms with Crippen LogP contribution < -0.4 is 5.32 Å². The Labute approximate surface area is 192 Å². The Bertz CT molecular complexity index is 987. The number of carbonyl (C=O) groups is 2. The Hall–Kier alpha value is -3.36. The number of methoxy groups -OCH3 is 1. The van der Waals surface area contributed by atoms with Crippen LogP contribution in [0.25, 0.3) is 0 Å². The predicted octanol–water partition coefficient (Wildman–Crippen LogP) is 3.57. The van der Waals surface area contributed by atoms with Crippen LogP contribution in [0.15, 0.2) is 60.4 Å². The third kappa shape index (κ3) is 5.91. The smallest absolute Gasteiger partial charge is 0.337 e. The molecule has 1 heterocycles. The highest BCUT2D eigenvalue weighted by Crippen LogP contribution is 2.40. The normalized spacial score (nSPS) is 19.8. The highest BCUT2D eigenvalue weighted by molar-refractivity contribution is 6.03. The van der Waals surface area contributed by atoms with E-state index in [1.165, 1.54) is 13.2 Å². The van der Waals surface area contributed by atoms with Crippen LogP contribution in [0, 0.1) is 5.92 Å². The Kier molecular flexibility index (Phi) is 8.46. The number of esters is 1. The Morgan fingerprint density at radius 1 is 1.12 bits per heavy atom. The van der Waals surface area contributed by atoms with E-state index in [-0.39, 0.29) is 35.6 Å². The maximum atomic E-state index is 13.0. The molecule has 0 aliphatic carbocycles. The van der Waals surface area contributed by atoms with Crippen molar-refractivity contribution in [2.75, 3.05) is 25.6 Å². The third-order valence-corrected chi connectivity index (χ3v) is 5.50. The van der Waals surface area contributed by atoms with Crippen LogP contribution in [-0.4, -0.2) is 48.7 Å². The van der Waals surface area contributed by atoms with Gasteiger partial charge in [0.2, 0.25) is 6.29 Å². The van der Waals surface area contributed by atoms with E-state index < -0.39 is 18.2 Å². The average Bonchev–Trinajstić information content (AvgIpc) is 2.84. The second kappa shape index (κ2) is 11.5. The van der Waals surface area contributed by atoms with Crippen LogP contribution >= 0.6 is 0 Å². The highest BCUT2D eigenvalue weighted by Gasteiger charge is 2.38. The summed E-state index contributed by atoms with van der Waals surface area (Å²) in [6, 6.07) is 13.4. The van der Waals surface area contributed by atoms with Crippen molar-refractivity contribution in [1.29, 1.82) is 0 Å². The Balaban J connectivity index is 1.95. The number of phenols is 1. The van der Waals surface area contributed by atoms with Crippen LogP contribution in [-0.2, 0) is 19.0 Å². The molecule has 176 valence electrons. The molecule has 1 amide bonds. The van der Waals surface area contributed by atoms with Gasteiger partial charge in [-0.1, -0.05) is 24.3 Å². The van der Waals surface area contributed by atoms with Crippen LogP contribution in [0.4, 0.5) is 5.69 Å². The first kappa shape index (κ1) is 24.3. The number of hydrogen-bond acceptors (Lipinski definition) is 7. The van der Waals surface area contributed by atoms with Crippen LogP contribution in [0.2, 0.25) is 0 Å². The number of nitrogens with one attached hydrogen (secondary N) is 1. The Morgan fingerprint density at radius 2 is 1.85 bits per heavy atom. The number of carbonyl (C=O) groups excluding carboxylic acids is 2. The van der Waals surface area contributed by atoms with E-state index in [4.69, 9.17) is 14.2 Å². The summed E-state index contributed by atoms with van der Waals surface area (Å²) in [6.45, 7) is 2.24. The second-order valence-corrected chi connectivity index (χ2v) is 7.61. The van der Waals surface area contributed by atoms with Gasteiger partial charge in [0.25, 0.3) is 5.91 Å². The lowest BCUT2D eigenvalue weighted by atomic mass is 9.80. The first-order valence-electron chi connectivity index (χ1n) is 10.9. The molecule has 2 aromatic carbocycles. The molecule has 33 heavy (non-hydrogen) atoms. The zero-order valence-electron chi connectivity index (χ0n) is 18.7.